The van der Waals surface area contributed by atoms with Crippen molar-refractivity contribution in [1.29, 1.82) is 0 Å². The third-order valence-corrected chi connectivity index (χ3v) is 2.54. The van der Waals surface area contributed by atoms with Crippen LogP contribution in [-0.4, -0.2) is 25.8 Å². The van der Waals surface area contributed by atoms with E-state index in [1.165, 1.54) is 0 Å². The van der Waals surface area contributed by atoms with Gasteiger partial charge in [-0.3, -0.25) is 0 Å². The lowest BCUT2D eigenvalue weighted by Gasteiger charge is -2.03. The molecular weight excluding hydrogens is 230 g/mol. The van der Waals surface area contributed by atoms with Crippen molar-refractivity contribution in [3.05, 3.63) is 41.9 Å². The molecule has 0 fully saturated rings. The van der Waals surface area contributed by atoms with Crippen molar-refractivity contribution in [1.82, 2.24) is 14.8 Å². The van der Waals surface area contributed by atoms with Gasteiger partial charge in [0.15, 0.2) is 11.7 Å². The van der Waals surface area contributed by atoms with Gasteiger partial charge in [0.1, 0.15) is 5.69 Å². The van der Waals surface area contributed by atoms with Crippen molar-refractivity contribution >= 4 is 5.84 Å². The minimum absolute atomic E-state index is 0.0203. The number of hydrogen-bond donors (Lipinski definition) is 2. The lowest BCUT2D eigenvalue weighted by molar-refractivity contribution is 0.318. The SMILES string of the molecule is CC(C)c1ccn(-c2cccc(C(N)=NO)n2)n1. The Morgan fingerprint density at radius 3 is 2.78 bits per heavy atom. The van der Waals surface area contributed by atoms with Crippen LogP contribution in [0.5, 0.6) is 0 Å². The van der Waals surface area contributed by atoms with Gasteiger partial charge in [0, 0.05) is 6.20 Å². The van der Waals surface area contributed by atoms with E-state index < -0.39 is 0 Å². The molecule has 2 aromatic rings. The third kappa shape index (κ3) is 2.32. The van der Waals surface area contributed by atoms with Crippen LogP contribution in [0.4, 0.5) is 0 Å². The average Bonchev–Trinajstić information content (AvgIpc) is 2.88. The number of nitrogens with zero attached hydrogens (tertiary/aromatic N) is 4. The Kier molecular flexibility index (Phi) is 3.27. The summed E-state index contributed by atoms with van der Waals surface area (Å²) >= 11 is 0. The fourth-order valence-electron chi connectivity index (χ4n) is 1.52. The maximum absolute atomic E-state index is 8.63. The summed E-state index contributed by atoms with van der Waals surface area (Å²) in [6, 6.07) is 7.21. The second-order valence-electron chi connectivity index (χ2n) is 4.21. The highest BCUT2D eigenvalue weighted by atomic mass is 16.4. The Morgan fingerprint density at radius 1 is 1.39 bits per heavy atom. The molecule has 0 aromatic carbocycles. The van der Waals surface area contributed by atoms with E-state index in [0.717, 1.165) is 5.69 Å². The summed E-state index contributed by atoms with van der Waals surface area (Å²) in [7, 11) is 0. The van der Waals surface area contributed by atoms with Crippen molar-refractivity contribution in [2.24, 2.45) is 10.9 Å². The number of rotatable bonds is 3. The Labute approximate surface area is 105 Å². The molecule has 6 nitrogen and oxygen atoms in total. The molecule has 94 valence electrons. The lowest BCUT2D eigenvalue weighted by Crippen LogP contribution is -2.16. The maximum atomic E-state index is 8.63. The van der Waals surface area contributed by atoms with Crippen molar-refractivity contribution in [3.63, 3.8) is 0 Å². The minimum atomic E-state index is -0.0203. The maximum Gasteiger partial charge on any atom is 0.188 e. The third-order valence-electron chi connectivity index (χ3n) is 2.54. The minimum Gasteiger partial charge on any atom is -0.409 e. The molecule has 0 atom stereocenters. The second-order valence-corrected chi connectivity index (χ2v) is 4.21. The number of aromatic nitrogens is 3. The van der Waals surface area contributed by atoms with Crippen LogP contribution in [0.25, 0.3) is 5.82 Å². The molecule has 0 bridgehead atoms. The van der Waals surface area contributed by atoms with Gasteiger partial charge in [0.05, 0.1) is 5.69 Å². The molecular formula is C12H15N5O. The summed E-state index contributed by atoms with van der Waals surface area (Å²) < 4.78 is 1.67. The topological polar surface area (TPSA) is 89.3 Å². The van der Waals surface area contributed by atoms with E-state index in [1.807, 2.05) is 18.3 Å². The normalized spacial score (nSPS) is 12.1. The second kappa shape index (κ2) is 4.87. The van der Waals surface area contributed by atoms with Crippen LogP contribution in [0, 0.1) is 0 Å². The van der Waals surface area contributed by atoms with Gasteiger partial charge >= 0.3 is 0 Å². The molecule has 18 heavy (non-hydrogen) atoms. The van der Waals surface area contributed by atoms with Crippen LogP contribution >= 0.6 is 0 Å². The molecule has 0 saturated carbocycles. The summed E-state index contributed by atoms with van der Waals surface area (Å²) in [4.78, 5) is 4.27. The van der Waals surface area contributed by atoms with Crippen molar-refractivity contribution in [2.45, 2.75) is 19.8 Å². The highest BCUT2D eigenvalue weighted by Crippen LogP contribution is 2.13. The molecule has 3 N–H and O–H groups in total. The van der Waals surface area contributed by atoms with E-state index in [-0.39, 0.29) is 5.84 Å². The highest BCUT2D eigenvalue weighted by molar-refractivity contribution is 5.95. The molecule has 2 aromatic heterocycles. The van der Waals surface area contributed by atoms with Crippen LogP contribution < -0.4 is 5.73 Å². The monoisotopic (exact) mass is 245 g/mol. The number of nitrogens with two attached hydrogens (primary N) is 1. The van der Waals surface area contributed by atoms with Crippen molar-refractivity contribution < 1.29 is 5.21 Å². The smallest absolute Gasteiger partial charge is 0.188 e. The van der Waals surface area contributed by atoms with Crippen LogP contribution in [0.3, 0.4) is 0 Å². The van der Waals surface area contributed by atoms with Crippen molar-refractivity contribution in [2.75, 3.05) is 0 Å². The predicted molar refractivity (Wildman–Crippen MR) is 68.0 cm³/mol. The van der Waals surface area contributed by atoms with Crippen LogP contribution in [0.1, 0.15) is 31.2 Å². The highest BCUT2D eigenvalue weighted by Gasteiger charge is 2.07. The van der Waals surface area contributed by atoms with E-state index in [4.69, 9.17) is 10.9 Å². The van der Waals surface area contributed by atoms with Crippen LogP contribution in [0.2, 0.25) is 0 Å². The van der Waals surface area contributed by atoms with Gasteiger partial charge in [-0.2, -0.15) is 5.10 Å². The first-order valence-electron chi connectivity index (χ1n) is 5.62. The molecule has 0 radical (unpaired) electrons. The van der Waals surface area contributed by atoms with Gasteiger partial charge in [-0.15, -0.1) is 0 Å². The summed E-state index contributed by atoms with van der Waals surface area (Å²) in [5, 5.41) is 16.0. The fourth-order valence-corrected chi connectivity index (χ4v) is 1.52. The number of amidine groups is 1. The van der Waals surface area contributed by atoms with E-state index in [9.17, 15) is 0 Å². The Bertz CT molecular complexity index is 573. The van der Waals surface area contributed by atoms with Gasteiger partial charge in [-0.25, -0.2) is 9.67 Å². The van der Waals surface area contributed by atoms with Gasteiger partial charge in [-0.05, 0) is 24.1 Å². The summed E-state index contributed by atoms with van der Waals surface area (Å²) in [5.41, 5.74) is 6.91. The Morgan fingerprint density at radius 2 is 2.17 bits per heavy atom. The molecule has 0 aliphatic rings. The lowest BCUT2D eigenvalue weighted by atomic mass is 10.1. The first kappa shape index (κ1) is 12.1. The summed E-state index contributed by atoms with van der Waals surface area (Å²) in [5.74, 6) is 0.970. The van der Waals surface area contributed by atoms with Crippen LogP contribution in [-0.2, 0) is 0 Å². The van der Waals surface area contributed by atoms with E-state index in [1.54, 1.807) is 16.8 Å². The molecule has 0 amide bonds. The molecule has 0 unspecified atom stereocenters. The average molecular weight is 245 g/mol. The van der Waals surface area contributed by atoms with E-state index in [2.05, 4.69) is 29.1 Å². The Balaban J connectivity index is 2.38. The number of hydrogen-bond acceptors (Lipinski definition) is 4. The van der Waals surface area contributed by atoms with E-state index in [0.29, 0.717) is 17.4 Å². The van der Waals surface area contributed by atoms with Gasteiger partial charge in [-0.1, -0.05) is 25.1 Å². The zero-order chi connectivity index (χ0) is 13.1. The first-order chi connectivity index (χ1) is 8.61. The van der Waals surface area contributed by atoms with Crippen molar-refractivity contribution in [3.8, 4) is 5.82 Å². The standard InChI is InChI=1S/C12H15N5O/c1-8(2)9-6-7-17(15-9)11-5-3-4-10(14-11)12(13)16-18/h3-8,18H,1-2H3,(H2,13,16). The fraction of sp³-hybridized carbons (Fsp3) is 0.250. The molecule has 0 spiro atoms. The largest absolute Gasteiger partial charge is 0.409 e. The Hall–Kier alpha value is -2.37. The number of pyridine rings is 1. The first-order valence-corrected chi connectivity index (χ1v) is 5.62. The molecule has 6 heteroatoms. The van der Waals surface area contributed by atoms with Gasteiger partial charge in [0.25, 0.3) is 0 Å². The summed E-state index contributed by atoms with van der Waals surface area (Å²) in [6.45, 7) is 4.15. The molecule has 0 aliphatic carbocycles. The quantitative estimate of drug-likeness (QED) is 0.371. The zero-order valence-electron chi connectivity index (χ0n) is 10.3. The summed E-state index contributed by atoms with van der Waals surface area (Å²) in [6.07, 6.45) is 1.84. The number of oxime groups is 1. The van der Waals surface area contributed by atoms with E-state index >= 15 is 0 Å². The zero-order valence-corrected chi connectivity index (χ0v) is 10.3. The molecule has 2 rings (SSSR count). The molecule has 0 saturated heterocycles. The van der Waals surface area contributed by atoms with Crippen LogP contribution in [0.15, 0.2) is 35.6 Å². The molecule has 2 heterocycles. The molecule has 0 aliphatic heterocycles. The van der Waals surface area contributed by atoms with Gasteiger partial charge < -0.3 is 10.9 Å². The van der Waals surface area contributed by atoms with Gasteiger partial charge in [0.2, 0.25) is 0 Å². The predicted octanol–water partition coefficient (Wildman–Crippen LogP) is 1.49.